The van der Waals surface area contributed by atoms with Gasteiger partial charge < -0.3 is 13.7 Å². The van der Waals surface area contributed by atoms with Gasteiger partial charge in [0.05, 0.1) is 41.2 Å². The van der Waals surface area contributed by atoms with Crippen molar-refractivity contribution in [1.82, 2.24) is 19.9 Å². The number of carbonyl (C=O) groups is 1. The van der Waals surface area contributed by atoms with Crippen molar-refractivity contribution in [2.45, 2.75) is 34.9 Å². The number of anilines is 1. The third-order valence-corrected chi connectivity index (χ3v) is 13.6. The molecule has 0 fully saturated rings. The van der Waals surface area contributed by atoms with E-state index in [2.05, 4.69) is 20.3 Å². The first-order valence-corrected chi connectivity index (χ1v) is 22.4. The number of hydrogen-bond donors (Lipinski definition) is 1. The minimum atomic E-state index is -6.62. The summed E-state index contributed by atoms with van der Waals surface area (Å²) in [5.74, 6) is -5.20. The summed E-state index contributed by atoms with van der Waals surface area (Å²) in [6.07, 6.45) is 4.10. The predicted molar refractivity (Wildman–Crippen MR) is 222 cm³/mol. The lowest BCUT2D eigenvalue weighted by atomic mass is 9.60. The van der Waals surface area contributed by atoms with Crippen LogP contribution < -0.4 is 13.7 Å². The zero-order chi connectivity index (χ0) is 45.6. The van der Waals surface area contributed by atoms with E-state index in [0.29, 0.717) is 33.2 Å². The minimum Gasteiger partial charge on any atom is -0.375 e. The second-order valence-electron chi connectivity index (χ2n) is 15.3. The molecule has 0 saturated heterocycles. The number of carbonyl (C=O) groups excluding carboxylic acids is 1. The van der Waals surface area contributed by atoms with Crippen molar-refractivity contribution in [2.75, 3.05) is 11.9 Å². The number of alkyl halides is 6. The van der Waals surface area contributed by atoms with Crippen LogP contribution >= 0.6 is 0 Å². The summed E-state index contributed by atoms with van der Waals surface area (Å²) in [7, 11) is -13.2. The first kappa shape index (κ1) is 42.1. The first-order chi connectivity index (χ1) is 31.0. The Morgan fingerprint density at radius 1 is 0.554 bits per heavy atom. The van der Waals surface area contributed by atoms with Crippen LogP contribution in [-0.4, -0.2) is 60.2 Å². The Morgan fingerprint density at radius 3 is 1.42 bits per heavy atom. The number of halogens is 6. The molecule has 0 radical (unpaired) electrons. The first-order valence-electron chi connectivity index (χ1n) is 19.6. The molecule has 1 aliphatic heterocycles. The van der Waals surface area contributed by atoms with Crippen molar-refractivity contribution >= 4 is 42.7 Å². The van der Waals surface area contributed by atoms with E-state index in [0.717, 1.165) is 0 Å². The van der Waals surface area contributed by atoms with Crippen LogP contribution in [0.1, 0.15) is 79.8 Å². The number of para-hydroxylation sites is 1. The van der Waals surface area contributed by atoms with Gasteiger partial charge in [-0.3, -0.25) is 24.6 Å². The van der Waals surface area contributed by atoms with E-state index in [1.165, 1.54) is 59.9 Å². The normalized spacial score (nSPS) is 18.9. The molecular formula is C45H29F6N5O7S2. The van der Waals surface area contributed by atoms with Crippen molar-refractivity contribution in [2.24, 2.45) is 0 Å². The SMILES string of the molecule is O=C(CN1[C@H](c2ccccn2)c2c(OS(=O)(=O)C(F)(F)F)c3c(c(OS(=O)(=O)C(F)(F)F)c2[C@@H]1c1ccccn1)C1c2ccccc2C3c2ccccc21)Nc1cccc2cccnc12. The number of aromatic nitrogens is 3. The zero-order valence-corrected chi connectivity index (χ0v) is 34.6. The smallest absolute Gasteiger partial charge is 0.375 e. The van der Waals surface area contributed by atoms with Gasteiger partial charge in [-0.15, -0.1) is 0 Å². The molecule has 7 aromatic rings. The molecule has 0 unspecified atom stereocenters. The van der Waals surface area contributed by atoms with Gasteiger partial charge in [-0.2, -0.15) is 43.2 Å². The van der Waals surface area contributed by atoms with E-state index < -0.39 is 90.3 Å². The number of hydrogen-bond acceptors (Lipinski definition) is 11. The molecular weight excluding hydrogens is 901 g/mol. The Bertz CT molecular complexity index is 3080. The second-order valence-corrected chi connectivity index (χ2v) is 18.4. The Labute approximate surface area is 365 Å². The second kappa shape index (κ2) is 15.1. The third kappa shape index (κ3) is 6.76. The molecule has 1 N–H and O–H groups in total. The highest BCUT2D eigenvalue weighted by Gasteiger charge is 2.58. The van der Waals surface area contributed by atoms with E-state index >= 15 is 0 Å². The maximum absolute atomic E-state index is 14.7. The van der Waals surface area contributed by atoms with E-state index in [9.17, 15) is 48.0 Å². The summed E-state index contributed by atoms with van der Waals surface area (Å²) < 4.78 is 153. The third-order valence-electron chi connectivity index (χ3n) is 11.7. The lowest BCUT2D eigenvalue weighted by Crippen LogP contribution is -2.36. The Morgan fingerprint density at radius 2 is 0.985 bits per heavy atom. The number of nitrogens with zero attached hydrogens (tertiary/aromatic N) is 4. The monoisotopic (exact) mass is 929 g/mol. The molecule has 1 amide bonds. The van der Waals surface area contributed by atoms with Crippen molar-refractivity contribution in [3.63, 3.8) is 0 Å². The zero-order valence-electron chi connectivity index (χ0n) is 32.9. The number of amides is 1. The van der Waals surface area contributed by atoms with Crippen LogP contribution in [0.3, 0.4) is 0 Å². The highest BCUT2D eigenvalue weighted by Crippen LogP contribution is 2.66. The number of pyridine rings is 3. The van der Waals surface area contributed by atoms with Crippen molar-refractivity contribution in [1.29, 1.82) is 0 Å². The fourth-order valence-electron chi connectivity index (χ4n) is 9.35. The molecule has 2 atom stereocenters. The molecule has 3 aromatic heterocycles. The molecule has 11 rings (SSSR count). The van der Waals surface area contributed by atoms with E-state index in [4.69, 9.17) is 8.37 Å². The minimum absolute atomic E-state index is 0.0487. The maximum atomic E-state index is 14.7. The summed E-state index contributed by atoms with van der Waals surface area (Å²) in [6.45, 7) is -0.741. The van der Waals surface area contributed by atoms with Gasteiger partial charge in [0.25, 0.3) is 0 Å². The van der Waals surface area contributed by atoms with Crippen LogP contribution in [0, 0.1) is 0 Å². The van der Waals surface area contributed by atoms with Gasteiger partial charge in [0.1, 0.15) is 0 Å². The number of rotatable bonds is 9. The molecule has 330 valence electrons. The van der Waals surface area contributed by atoms with Gasteiger partial charge >= 0.3 is 31.3 Å². The van der Waals surface area contributed by atoms with Crippen molar-refractivity contribution < 1.29 is 56.3 Å². The highest BCUT2D eigenvalue weighted by molar-refractivity contribution is 7.88. The van der Waals surface area contributed by atoms with Gasteiger partial charge in [0.15, 0.2) is 11.5 Å². The molecule has 4 aliphatic rings. The summed E-state index contributed by atoms with van der Waals surface area (Å²) in [5.41, 5.74) is -11.7. The Kier molecular flexibility index (Phi) is 9.77. The average molecular weight is 930 g/mol. The molecule has 0 saturated carbocycles. The summed E-state index contributed by atoms with van der Waals surface area (Å²) >= 11 is 0. The summed E-state index contributed by atoms with van der Waals surface area (Å²) in [5, 5.41) is 3.45. The van der Waals surface area contributed by atoms with Crippen LogP contribution in [0.2, 0.25) is 0 Å². The van der Waals surface area contributed by atoms with Crippen LogP contribution in [0.25, 0.3) is 10.9 Å². The van der Waals surface area contributed by atoms with Gasteiger partial charge in [-0.1, -0.05) is 78.9 Å². The highest BCUT2D eigenvalue weighted by atomic mass is 32.2. The average Bonchev–Trinajstić information content (AvgIpc) is 3.61. The van der Waals surface area contributed by atoms with Crippen LogP contribution in [-0.2, 0) is 25.0 Å². The lowest BCUT2D eigenvalue weighted by Gasteiger charge is -2.44. The van der Waals surface area contributed by atoms with Gasteiger partial charge in [0, 0.05) is 58.1 Å². The van der Waals surface area contributed by atoms with Gasteiger partial charge in [0.2, 0.25) is 5.91 Å². The van der Waals surface area contributed by atoms with Crippen molar-refractivity contribution in [3.8, 4) is 11.5 Å². The maximum Gasteiger partial charge on any atom is 0.534 e. The molecule has 4 heterocycles. The van der Waals surface area contributed by atoms with Crippen molar-refractivity contribution in [3.05, 3.63) is 190 Å². The molecule has 2 bridgehead atoms. The lowest BCUT2D eigenvalue weighted by molar-refractivity contribution is -0.118. The fraction of sp³-hybridized carbons (Fsp3) is 0.156. The van der Waals surface area contributed by atoms with Crippen LogP contribution in [0.5, 0.6) is 11.5 Å². The summed E-state index contributed by atoms with van der Waals surface area (Å²) in [6, 6.07) is 26.9. The molecule has 3 aliphatic carbocycles. The summed E-state index contributed by atoms with van der Waals surface area (Å²) in [4.78, 5) is 29.1. The standard InChI is InChI=1S/C45H29F6N5O7S2/c46-44(47,48)64(58,59)62-42-35-33-25-13-1-2-14-26(25)34(28-16-4-3-15-27(28)33)36(35)43(63-65(60,61)45(49,50)51)38-37(42)40(30-17-5-7-20-52-30)56(41(38)31-18-6-8-21-53-31)23-32(57)55-29-19-9-11-24-12-10-22-54-39(24)29/h1-22,33-34,40-41H,23H2,(H,55,57)/t33?,34?,40-,41+. The van der Waals surface area contributed by atoms with E-state index in [1.807, 2.05) is 0 Å². The van der Waals surface area contributed by atoms with Gasteiger partial charge in [-0.25, -0.2) is 0 Å². The number of fused-ring (bicyclic) bond motifs is 2. The van der Waals surface area contributed by atoms with Crippen LogP contribution in [0.4, 0.5) is 32.0 Å². The largest absolute Gasteiger partial charge is 0.534 e. The quantitative estimate of drug-likeness (QED) is 0.0840. The number of nitrogens with one attached hydrogen (secondary N) is 1. The fourth-order valence-corrected chi connectivity index (χ4v) is 10.3. The molecule has 12 nitrogen and oxygen atoms in total. The van der Waals surface area contributed by atoms with E-state index in [-0.39, 0.29) is 28.2 Å². The number of benzene rings is 4. The molecule has 20 heteroatoms. The van der Waals surface area contributed by atoms with Gasteiger partial charge in [-0.05, 0) is 58.7 Å². The molecule has 0 spiro atoms. The predicted octanol–water partition coefficient (Wildman–Crippen LogP) is 8.60. The van der Waals surface area contributed by atoms with Crippen LogP contribution in [0.15, 0.2) is 134 Å². The Balaban J connectivity index is 1.33. The Hall–Kier alpha value is -6.90. The topological polar surface area (TPSA) is 158 Å². The van der Waals surface area contributed by atoms with E-state index in [1.54, 1.807) is 78.9 Å². The molecule has 4 aromatic carbocycles. The molecule has 65 heavy (non-hydrogen) atoms.